The van der Waals surface area contributed by atoms with E-state index in [1.807, 2.05) is 6.92 Å². The molecule has 1 atom stereocenters. The number of carbonyl (C=O) groups is 2. The quantitative estimate of drug-likeness (QED) is 0.922. The Labute approximate surface area is 140 Å². The normalized spacial score (nSPS) is 17.5. The lowest BCUT2D eigenvalue weighted by atomic mass is 10.0. The van der Waals surface area contributed by atoms with Crippen LogP contribution in [0.4, 0.5) is 0 Å². The number of likely N-dealkylation sites (tertiary alicyclic amines) is 1. The van der Waals surface area contributed by atoms with Gasteiger partial charge in [0.15, 0.2) is 5.76 Å². The highest BCUT2D eigenvalue weighted by molar-refractivity contribution is 5.94. The minimum atomic E-state index is -0.213. The number of carbonyl (C=O) groups excluding carboxylic acids is 2. The van der Waals surface area contributed by atoms with Crippen molar-refractivity contribution in [2.45, 2.75) is 32.2 Å². The van der Waals surface area contributed by atoms with Gasteiger partial charge < -0.3 is 14.6 Å². The molecule has 0 saturated carbocycles. The van der Waals surface area contributed by atoms with E-state index >= 15 is 0 Å². The zero-order chi connectivity index (χ0) is 16.9. The van der Waals surface area contributed by atoms with Crippen molar-refractivity contribution in [2.75, 3.05) is 13.1 Å². The number of nitrogens with zero attached hydrogens (tertiary/aromatic N) is 3. The molecule has 24 heavy (non-hydrogen) atoms. The summed E-state index contributed by atoms with van der Waals surface area (Å²) in [7, 11) is 0. The third-order valence-electron chi connectivity index (χ3n) is 4.06. The molecule has 0 aliphatic carbocycles. The van der Waals surface area contributed by atoms with Gasteiger partial charge >= 0.3 is 0 Å². The van der Waals surface area contributed by atoms with Crippen molar-refractivity contribution < 1.29 is 14.0 Å². The van der Waals surface area contributed by atoms with Crippen LogP contribution in [0.3, 0.4) is 0 Å². The first kappa shape index (κ1) is 16.2. The average Bonchev–Trinajstić information content (AvgIpc) is 3.16. The molecule has 0 radical (unpaired) electrons. The topological polar surface area (TPSA) is 88.3 Å². The van der Waals surface area contributed by atoms with Crippen LogP contribution in [-0.2, 0) is 6.42 Å². The van der Waals surface area contributed by atoms with Crippen molar-refractivity contribution in [2.24, 2.45) is 0 Å². The molecule has 2 aromatic heterocycles. The van der Waals surface area contributed by atoms with Crippen LogP contribution in [0.1, 0.15) is 46.5 Å². The van der Waals surface area contributed by atoms with Crippen LogP contribution < -0.4 is 5.32 Å². The van der Waals surface area contributed by atoms with Gasteiger partial charge in [0.1, 0.15) is 5.82 Å². The van der Waals surface area contributed by atoms with Crippen molar-refractivity contribution in [1.29, 1.82) is 0 Å². The van der Waals surface area contributed by atoms with E-state index in [4.69, 9.17) is 4.42 Å². The maximum absolute atomic E-state index is 12.3. The standard InChI is InChI=1S/C17H20N4O3/c1-2-15-18-9-12(10-19-15)16(22)20-13-5-3-7-21(11-13)17(23)14-6-4-8-24-14/h4,6,8-10,13H,2-3,5,7,11H2,1H3,(H,20,22)/t13-/m1/s1. The average molecular weight is 328 g/mol. The van der Waals surface area contributed by atoms with E-state index in [0.717, 1.165) is 19.3 Å². The third-order valence-corrected chi connectivity index (χ3v) is 4.06. The first-order valence-corrected chi connectivity index (χ1v) is 8.12. The number of hydrogen-bond donors (Lipinski definition) is 1. The molecular weight excluding hydrogens is 308 g/mol. The molecule has 126 valence electrons. The summed E-state index contributed by atoms with van der Waals surface area (Å²) in [5, 5.41) is 2.96. The fraction of sp³-hybridized carbons (Fsp3) is 0.412. The molecule has 1 saturated heterocycles. The van der Waals surface area contributed by atoms with E-state index < -0.39 is 0 Å². The number of aryl methyl sites for hydroxylation is 1. The van der Waals surface area contributed by atoms with Gasteiger partial charge in [-0.2, -0.15) is 0 Å². The van der Waals surface area contributed by atoms with E-state index in [2.05, 4.69) is 15.3 Å². The Morgan fingerprint density at radius 2 is 2.17 bits per heavy atom. The van der Waals surface area contributed by atoms with Gasteiger partial charge in [-0.1, -0.05) is 6.92 Å². The minimum Gasteiger partial charge on any atom is -0.459 e. The van der Waals surface area contributed by atoms with Crippen LogP contribution in [0.5, 0.6) is 0 Å². The molecule has 0 bridgehead atoms. The van der Waals surface area contributed by atoms with Gasteiger partial charge in [0.25, 0.3) is 11.8 Å². The zero-order valence-corrected chi connectivity index (χ0v) is 13.6. The number of rotatable bonds is 4. The fourth-order valence-electron chi connectivity index (χ4n) is 2.76. The molecule has 0 spiro atoms. The monoisotopic (exact) mass is 328 g/mol. The van der Waals surface area contributed by atoms with Crippen LogP contribution in [0.15, 0.2) is 35.2 Å². The minimum absolute atomic E-state index is 0.0870. The van der Waals surface area contributed by atoms with Gasteiger partial charge in [0, 0.05) is 37.9 Å². The molecule has 7 heteroatoms. The van der Waals surface area contributed by atoms with Crippen molar-refractivity contribution in [3.63, 3.8) is 0 Å². The smallest absolute Gasteiger partial charge is 0.289 e. The molecule has 1 aliphatic heterocycles. The Morgan fingerprint density at radius 3 is 2.83 bits per heavy atom. The maximum atomic E-state index is 12.3. The summed E-state index contributed by atoms with van der Waals surface area (Å²) in [6.07, 6.45) is 6.96. The lowest BCUT2D eigenvalue weighted by Crippen LogP contribution is -2.49. The molecule has 0 aromatic carbocycles. The summed E-state index contributed by atoms with van der Waals surface area (Å²) in [6.45, 7) is 3.10. The number of amides is 2. The Bertz CT molecular complexity index is 697. The molecule has 7 nitrogen and oxygen atoms in total. The van der Waals surface area contributed by atoms with Gasteiger partial charge in [-0.3, -0.25) is 9.59 Å². The van der Waals surface area contributed by atoms with Crippen LogP contribution >= 0.6 is 0 Å². The van der Waals surface area contributed by atoms with Gasteiger partial charge in [0.05, 0.1) is 11.8 Å². The van der Waals surface area contributed by atoms with Crippen molar-refractivity contribution in [1.82, 2.24) is 20.2 Å². The molecule has 3 heterocycles. The Hall–Kier alpha value is -2.70. The number of furan rings is 1. The molecule has 3 rings (SSSR count). The Morgan fingerprint density at radius 1 is 1.38 bits per heavy atom. The second kappa shape index (κ2) is 7.25. The number of aromatic nitrogens is 2. The van der Waals surface area contributed by atoms with Gasteiger partial charge in [-0.05, 0) is 25.0 Å². The highest BCUT2D eigenvalue weighted by Crippen LogP contribution is 2.14. The fourth-order valence-corrected chi connectivity index (χ4v) is 2.76. The SMILES string of the molecule is CCc1ncc(C(=O)N[C@@H]2CCCN(C(=O)c3ccco3)C2)cn1. The van der Waals surface area contributed by atoms with Gasteiger partial charge in [-0.25, -0.2) is 9.97 Å². The molecule has 2 aromatic rings. The number of hydrogen-bond acceptors (Lipinski definition) is 5. The van der Waals surface area contributed by atoms with Crippen LogP contribution in [-0.4, -0.2) is 45.8 Å². The predicted molar refractivity (Wildman–Crippen MR) is 86.5 cm³/mol. The Balaban J connectivity index is 1.60. The van der Waals surface area contributed by atoms with Gasteiger partial charge in [-0.15, -0.1) is 0 Å². The highest BCUT2D eigenvalue weighted by Gasteiger charge is 2.27. The molecular formula is C17H20N4O3. The highest BCUT2D eigenvalue weighted by atomic mass is 16.3. The lowest BCUT2D eigenvalue weighted by molar-refractivity contribution is 0.0647. The summed E-state index contributed by atoms with van der Waals surface area (Å²) >= 11 is 0. The van der Waals surface area contributed by atoms with Crippen LogP contribution in [0.25, 0.3) is 0 Å². The molecule has 2 amide bonds. The molecule has 1 aliphatic rings. The molecule has 0 unspecified atom stereocenters. The summed E-state index contributed by atoms with van der Waals surface area (Å²) in [5.41, 5.74) is 0.432. The summed E-state index contributed by atoms with van der Waals surface area (Å²) < 4.78 is 5.16. The molecule has 1 N–H and O–H groups in total. The lowest BCUT2D eigenvalue weighted by Gasteiger charge is -2.32. The second-order valence-electron chi connectivity index (χ2n) is 5.78. The van der Waals surface area contributed by atoms with Crippen molar-refractivity contribution >= 4 is 11.8 Å². The van der Waals surface area contributed by atoms with E-state index in [1.165, 1.54) is 18.7 Å². The predicted octanol–water partition coefficient (Wildman–Crippen LogP) is 1.67. The summed E-state index contributed by atoms with van der Waals surface area (Å²) in [5.74, 6) is 0.675. The maximum Gasteiger partial charge on any atom is 0.289 e. The Kier molecular flexibility index (Phi) is 4.88. The summed E-state index contributed by atoms with van der Waals surface area (Å²) in [6, 6.07) is 3.25. The van der Waals surface area contributed by atoms with E-state index in [-0.39, 0.29) is 17.9 Å². The molecule has 1 fully saturated rings. The van der Waals surface area contributed by atoms with E-state index in [1.54, 1.807) is 17.0 Å². The van der Waals surface area contributed by atoms with E-state index in [0.29, 0.717) is 30.2 Å². The zero-order valence-electron chi connectivity index (χ0n) is 13.6. The first-order chi connectivity index (χ1) is 11.7. The van der Waals surface area contributed by atoms with E-state index in [9.17, 15) is 9.59 Å². The second-order valence-corrected chi connectivity index (χ2v) is 5.78. The third kappa shape index (κ3) is 3.61. The summed E-state index contributed by atoms with van der Waals surface area (Å²) in [4.78, 5) is 34.6. The number of nitrogens with one attached hydrogen (secondary N) is 1. The largest absolute Gasteiger partial charge is 0.459 e. The number of piperidine rings is 1. The first-order valence-electron chi connectivity index (χ1n) is 8.12. The van der Waals surface area contributed by atoms with Crippen LogP contribution in [0.2, 0.25) is 0 Å². The van der Waals surface area contributed by atoms with Gasteiger partial charge in [0.2, 0.25) is 0 Å². The van der Waals surface area contributed by atoms with Crippen LogP contribution in [0, 0.1) is 0 Å². The van der Waals surface area contributed by atoms with Crippen molar-refractivity contribution in [3.05, 3.63) is 47.9 Å². The van der Waals surface area contributed by atoms with Crippen molar-refractivity contribution in [3.8, 4) is 0 Å².